The molecule has 0 bridgehead atoms. The van der Waals surface area contributed by atoms with Crippen LogP contribution in [0.3, 0.4) is 0 Å². The highest BCUT2D eigenvalue weighted by molar-refractivity contribution is 4.67. The number of hydrogen-bond donors (Lipinski definition) is 1. The molecule has 0 heterocycles. The van der Waals surface area contributed by atoms with Gasteiger partial charge in [0.2, 0.25) is 0 Å². The van der Waals surface area contributed by atoms with Crippen LogP contribution < -0.4 is 0 Å². The Kier molecular flexibility index (Phi) is 8.26. The molecule has 1 nitrogen and oxygen atoms in total. The van der Waals surface area contributed by atoms with Crippen LogP contribution in [0.5, 0.6) is 0 Å². The number of aliphatic hydroxyl groups is 1. The third-order valence-corrected chi connectivity index (χ3v) is 3.26. The summed E-state index contributed by atoms with van der Waals surface area (Å²) >= 11 is 0. The molecule has 0 fully saturated rings. The Morgan fingerprint density at radius 3 is 2.00 bits per heavy atom. The molecule has 14 heavy (non-hydrogen) atoms. The molecule has 1 unspecified atom stereocenters. The lowest BCUT2D eigenvalue weighted by Crippen LogP contribution is -2.22. The largest absolute Gasteiger partial charge is 0.393 e. The van der Waals surface area contributed by atoms with Crippen LogP contribution in [0.15, 0.2) is 0 Å². The van der Waals surface area contributed by atoms with E-state index in [2.05, 4.69) is 27.7 Å². The monoisotopic (exact) mass is 200 g/mol. The van der Waals surface area contributed by atoms with Gasteiger partial charge < -0.3 is 5.11 Å². The van der Waals surface area contributed by atoms with E-state index in [1.807, 2.05) is 0 Å². The van der Waals surface area contributed by atoms with Crippen molar-refractivity contribution in [3.8, 4) is 0 Å². The maximum atomic E-state index is 9.84. The van der Waals surface area contributed by atoms with E-state index in [4.69, 9.17) is 0 Å². The van der Waals surface area contributed by atoms with Gasteiger partial charge in [-0.3, -0.25) is 0 Å². The smallest absolute Gasteiger partial charge is 0.0568 e. The molecule has 1 N–H and O–H groups in total. The van der Waals surface area contributed by atoms with Gasteiger partial charge >= 0.3 is 0 Å². The summed E-state index contributed by atoms with van der Waals surface area (Å²) in [6.45, 7) is 8.76. The minimum atomic E-state index is -0.0865. The van der Waals surface area contributed by atoms with Crippen LogP contribution >= 0.6 is 0 Å². The molecule has 0 rings (SSSR count). The maximum absolute atomic E-state index is 9.84. The predicted molar refractivity (Wildman–Crippen MR) is 63.4 cm³/mol. The van der Waals surface area contributed by atoms with Crippen LogP contribution in [0, 0.1) is 11.8 Å². The molecule has 0 aliphatic carbocycles. The third kappa shape index (κ3) is 6.42. The fourth-order valence-electron chi connectivity index (χ4n) is 1.66. The second-order valence-electron chi connectivity index (χ2n) is 4.87. The molecule has 0 aromatic carbocycles. The summed E-state index contributed by atoms with van der Waals surface area (Å²) in [5, 5.41) is 9.84. The molecule has 0 aliphatic heterocycles. The van der Waals surface area contributed by atoms with E-state index in [1.54, 1.807) is 0 Å². The maximum Gasteiger partial charge on any atom is 0.0568 e. The average molecular weight is 200 g/mol. The SMILES string of the molecule is CCCCCCC[C@@H](O)C(C)C(C)C. The number of unbranched alkanes of at least 4 members (excludes halogenated alkanes) is 4. The van der Waals surface area contributed by atoms with Crippen molar-refractivity contribution < 1.29 is 5.11 Å². The van der Waals surface area contributed by atoms with E-state index in [0.29, 0.717) is 11.8 Å². The molecule has 0 saturated carbocycles. The molecule has 0 aliphatic rings. The first-order valence-corrected chi connectivity index (χ1v) is 6.27. The molecule has 0 aromatic heterocycles. The molecule has 2 atom stereocenters. The Balaban J connectivity index is 3.39. The van der Waals surface area contributed by atoms with Gasteiger partial charge in [-0.05, 0) is 18.3 Å². The Bertz CT molecular complexity index is 120. The van der Waals surface area contributed by atoms with Crippen molar-refractivity contribution in [2.45, 2.75) is 72.3 Å². The topological polar surface area (TPSA) is 20.2 Å². The van der Waals surface area contributed by atoms with Crippen molar-refractivity contribution in [2.24, 2.45) is 11.8 Å². The fraction of sp³-hybridized carbons (Fsp3) is 1.00. The van der Waals surface area contributed by atoms with Crippen molar-refractivity contribution in [1.82, 2.24) is 0 Å². The summed E-state index contributed by atoms with van der Waals surface area (Å²) in [6.07, 6.45) is 7.36. The van der Waals surface area contributed by atoms with Gasteiger partial charge in [0.05, 0.1) is 6.10 Å². The second-order valence-corrected chi connectivity index (χ2v) is 4.87. The van der Waals surface area contributed by atoms with Crippen LogP contribution in [0.25, 0.3) is 0 Å². The average Bonchev–Trinajstić information content (AvgIpc) is 2.16. The summed E-state index contributed by atoms with van der Waals surface area (Å²) in [6, 6.07) is 0. The van der Waals surface area contributed by atoms with Gasteiger partial charge in [-0.25, -0.2) is 0 Å². The molecular formula is C13H28O. The first kappa shape index (κ1) is 14.0. The Morgan fingerprint density at radius 1 is 0.929 bits per heavy atom. The van der Waals surface area contributed by atoms with Crippen LogP contribution in [0.4, 0.5) is 0 Å². The standard InChI is InChI=1S/C13H28O/c1-5-6-7-8-9-10-13(14)12(4)11(2)3/h11-14H,5-10H2,1-4H3/t12?,13-/m1/s1. The Morgan fingerprint density at radius 2 is 1.50 bits per heavy atom. The molecule has 86 valence electrons. The van der Waals surface area contributed by atoms with E-state index in [0.717, 1.165) is 6.42 Å². The minimum Gasteiger partial charge on any atom is -0.393 e. The highest BCUT2D eigenvalue weighted by Gasteiger charge is 2.16. The van der Waals surface area contributed by atoms with E-state index >= 15 is 0 Å². The van der Waals surface area contributed by atoms with Crippen molar-refractivity contribution in [3.63, 3.8) is 0 Å². The lowest BCUT2D eigenvalue weighted by atomic mass is 9.89. The summed E-state index contributed by atoms with van der Waals surface area (Å²) in [5.74, 6) is 1.04. The van der Waals surface area contributed by atoms with Crippen LogP contribution in [-0.2, 0) is 0 Å². The quantitative estimate of drug-likeness (QED) is 0.587. The third-order valence-electron chi connectivity index (χ3n) is 3.26. The summed E-state index contributed by atoms with van der Waals surface area (Å²) in [5.41, 5.74) is 0. The number of hydrogen-bond acceptors (Lipinski definition) is 1. The first-order valence-electron chi connectivity index (χ1n) is 6.27. The number of rotatable bonds is 8. The molecule has 0 saturated heterocycles. The first-order chi connectivity index (χ1) is 6.59. The Labute approximate surface area is 89.9 Å². The minimum absolute atomic E-state index is 0.0865. The van der Waals surface area contributed by atoms with Gasteiger partial charge in [0, 0.05) is 0 Å². The van der Waals surface area contributed by atoms with Gasteiger partial charge in [-0.2, -0.15) is 0 Å². The van der Waals surface area contributed by atoms with E-state index in [1.165, 1.54) is 32.1 Å². The van der Waals surface area contributed by atoms with Gasteiger partial charge in [0.25, 0.3) is 0 Å². The highest BCUT2D eigenvalue weighted by atomic mass is 16.3. The highest BCUT2D eigenvalue weighted by Crippen LogP contribution is 2.19. The molecule has 0 spiro atoms. The molecule has 0 aromatic rings. The van der Waals surface area contributed by atoms with Crippen molar-refractivity contribution in [2.75, 3.05) is 0 Å². The normalized spacial score (nSPS) is 15.9. The van der Waals surface area contributed by atoms with E-state index in [9.17, 15) is 5.11 Å². The zero-order chi connectivity index (χ0) is 11.0. The zero-order valence-electron chi connectivity index (χ0n) is 10.4. The summed E-state index contributed by atoms with van der Waals surface area (Å²) in [7, 11) is 0. The van der Waals surface area contributed by atoms with E-state index in [-0.39, 0.29) is 6.10 Å². The Hall–Kier alpha value is -0.0400. The van der Waals surface area contributed by atoms with E-state index < -0.39 is 0 Å². The molecule has 0 amide bonds. The predicted octanol–water partition coefficient (Wildman–Crippen LogP) is 4.00. The zero-order valence-corrected chi connectivity index (χ0v) is 10.4. The van der Waals surface area contributed by atoms with Crippen molar-refractivity contribution in [3.05, 3.63) is 0 Å². The van der Waals surface area contributed by atoms with Gasteiger partial charge in [-0.15, -0.1) is 0 Å². The lowest BCUT2D eigenvalue weighted by molar-refractivity contribution is 0.0813. The van der Waals surface area contributed by atoms with Gasteiger partial charge in [0.1, 0.15) is 0 Å². The van der Waals surface area contributed by atoms with Crippen LogP contribution in [0.2, 0.25) is 0 Å². The second kappa shape index (κ2) is 8.28. The lowest BCUT2D eigenvalue weighted by Gasteiger charge is -2.22. The molecular weight excluding hydrogens is 172 g/mol. The molecule has 1 heteroatoms. The number of aliphatic hydroxyl groups excluding tert-OH is 1. The van der Waals surface area contributed by atoms with Crippen LogP contribution in [0.1, 0.15) is 66.2 Å². The van der Waals surface area contributed by atoms with Crippen molar-refractivity contribution in [1.29, 1.82) is 0 Å². The van der Waals surface area contributed by atoms with Gasteiger partial charge in [-0.1, -0.05) is 59.8 Å². The van der Waals surface area contributed by atoms with Gasteiger partial charge in [0.15, 0.2) is 0 Å². The summed E-state index contributed by atoms with van der Waals surface area (Å²) in [4.78, 5) is 0. The van der Waals surface area contributed by atoms with Crippen molar-refractivity contribution >= 4 is 0 Å². The molecule has 0 radical (unpaired) electrons. The summed E-state index contributed by atoms with van der Waals surface area (Å²) < 4.78 is 0. The van der Waals surface area contributed by atoms with Crippen LogP contribution in [-0.4, -0.2) is 11.2 Å². The fourth-order valence-corrected chi connectivity index (χ4v) is 1.66.